The van der Waals surface area contributed by atoms with Crippen molar-refractivity contribution in [3.05, 3.63) is 30.6 Å². The van der Waals surface area contributed by atoms with E-state index in [9.17, 15) is 22.8 Å². The van der Waals surface area contributed by atoms with Crippen LogP contribution in [0.5, 0.6) is 0 Å². The number of fused-ring (bicyclic) bond motifs is 3. The highest BCUT2D eigenvalue weighted by molar-refractivity contribution is 7.80. The van der Waals surface area contributed by atoms with Gasteiger partial charge in [-0.2, -0.15) is 13.5 Å². The van der Waals surface area contributed by atoms with Crippen LogP contribution in [0.2, 0.25) is 0 Å². The van der Waals surface area contributed by atoms with Crippen LogP contribution in [-0.2, 0) is 30.8 Å². The molecule has 3 heterocycles. The van der Waals surface area contributed by atoms with Crippen molar-refractivity contribution in [3.8, 4) is 0 Å². The number of rotatable bonds is 5. The lowest BCUT2D eigenvalue weighted by Crippen LogP contribution is -2.54. The number of hydrazine groups is 1. The van der Waals surface area contributed by atoms with Gasteiger partial charge in [-0.15, -0.1) is 4.28 Å². The van der Waals surface area contributed by atoms with E-state index in [1.165, 1.54) is 6.33 Å². The summed E-state index contributed by atoms with van der Waals surface area (Å²) >= 11 is 0. The molecule has 2 aliphatic rings. The first-order valence-corrected chi connectivity index (χ1v) is 10.3. The number of imidazole rings is 1. The Bertz CT molecular complexity index is 1120. The number of hydrogen-bond acceptors (Lipinski definition) is 7. The molecule has 4 rings (SSSR count). The highest BCUT2D eigenvalue weighted by atomic mass is 32.3. The number of hydroxylamine groups is 2. The molecule has 2 bridgehead atoms. The zero-order chi connectivity index (χ0) is 21.5. The second-order valence-electron chi connectivity index (χ2n) is 6.91. The third-order valence-corrected chi connectivity index (χ3v) is 5.32. The summed E-state index contributed by atoms with van der Waals surface area (Å²) in [4.78, 5) is 42.3. The van der Waals surface area contributed by atoms with Crippen LogP contribution >= 0.6 is 0 Å². The van der Waals surface area contributed by atoms with Gasteiger partial charge in [-0.3, -0.25) is 25.0 Å². The van der Waals surface area contributed by atoms with Gasteiger partial charge in [-0.05, 0) is 25.0 Å². The number of benzene rings is 1. The molecule has 0 saturated carbocycles. The lowest BCUT2D eigenvalue weighted by Gasteiger charge is -2.29. The fourth-order valence-electron chi connectivity index (χ4n) is 3.65. The van der Waals surface area contributed by atoms with E-state index in [-0.39, 0.29) is 25.9 Å². The summed E-state index contributed by atoms with van der Waals surface area (Å²) in [5.41, 5.74) is 6.08. The molecule has 0 radical (unpaired) electrons. The van der Waals surface area contributed by atoms with Crippen molar-refractivity contribution in [2.75, 3.05) is 6.54 Å². The number of urea groups is 1. The largest absolute Gasteiger partial charge is 0.418 e. The number of para-hydroxylation sites is 2. The molecule has 3 N–H and O–H groups in total. The van der Waals surface area contributed by atoms with E-state index in [1.807, 2.05) is 24.3 Å². The monoisotopic (exact) mass is 438 g/mol. The Morgan fingerprint density at radius 1 is 1.23 bits per heavy atom. The molecule has 0 spiro atoms. The molecule has 1 aromatic carbocycles. The fourth-order valence-corrected chi connectivity index (χ4v) is 4.04. The van der Waals surface area contributed by atoms with Crippen LogP contribution in [0.4, 0.5) is 4.79 Å². The molecule has 160 valence electrons. The Hall–Kier alpha value is -3.23. The Kier molecular flexibility index (Phi) is 5.05. The number of hydrogen-bond donors (Lipinski definition) is 3. The maximum Gasteiger partial charge on any atom is 0.418 e. The molecule has 2 aromatic rings. The first kappa shape index (κ1) is 20.1. The van der Waals surface area contributed by atoms with Crippen LogP contribution < -0.4 is 10.9 Å². The third-order valence-electron chi connectivity index (χ3n) is 4.97. The Balaban J connectivity index is 1.34. The van der Waals surface area contributed by atoms with Gasteiger partial charge in [-0.1, -0.05) is 12.1 Å². The van der Waals surface area contributed by atoms with Gasteiger partial charge in [0, 0.05) is 6.54 Å². The van der Waals surface area contributed by atoms with Gasteiger partial charge in [0.15, 0.2) is 0 Å². The van der Waals surface area contributed by atoms with Gasteiger partial charge >= 0.3 is 16.4 Å². The van der Waals surface area contributed by atoms with Crippen LogP contribution in [0.1, 0.15) is 12.8 Å². The summed E-state index contributed by atoms with van der Waals surface area (Å²) in [5.74, 6) is -1.12. The van der Waals surface area contributed by atoms with Gasteiger partial charge in [0.25, 0.3) is 11.8 Å². The average molecular weight is 438 g/mol. The Morgan fingerprint density at radius 3 is 2.77 bits per heavy atom. The average Bonchev–Trinajstić information content (AvgIpc) is 3.20. The minimum absolute atomic E-state index is 0.0570. The predicted molar refractivity (Wildman–Crippen MR) is 99.4 cm³/mol. The molecule has 0 unspecified atom stereocenters. The van der Waals surface area contributed by atoms with Gasteiger partial charge in [0.05, 0.1) is 23.4 Å². The summed E-state index contributed by atoms with van der Waals surface area (Å²) in [7, 11) is -4.87. The maximum absolute atomic E-state index is 12.5. The highest BCUT2D eigenvalue weighted by Gasteiger charge is 2.49. The second kappa shape index (κ2) is 7.55. The lowest BCUT2D eigenvalue weighted by atomic mass is 10.0. The Morgan fingerprint density at radius 2 is 2.00 bits per heavy atom. The first-order chi connectivity index (χ1) is 14.2. The van der Waals surface area contributed by atoms with E-state index in [0.29, 0.717) is 5.06 Å². The van der Waals surface area contributed by atoms with Crippen molar-refractivity contribution in [1.29, 1.82) is 0 Å². The summed E-state index contributed by atoms with van der Waals surface area (Å²) in [6, 6.07) is 4.89. The number of nitrogens with zero attached hydrogens (tertiary/aromatic N) is 4. The molecule has 0 aliphatic carbocycles. The number of piperidine rings is 1. The molecule has 2 atom stereocenters. The molecule has 30 heavy (non-hydrogen) atoms. The minimum atomic E-state index is -4.87. The topological polar surface area (TPSA) is 163 Å². The van der Waals surface area contributed by atoms with Crippen molar-refractivity contribution >= 4 is 39.3 Å². The number of carbonyl (C=O) groups excluding carboxylic acids is 3. The van der Waals surface area contributed by atoms with Crippen molar-refractivity contribution in [3.63, 3.8) is 0 Å². The molecular weight excluding hydrogens is 420 g/mol. The van der Waals surface area contributed by atoms with Crippen molar-refractivity contribution in [2.24, 2.45) is 0 Å². The molecule has 4 amide bonds. The van der Waals surface area contributed by atoms with Crippen LogP contribution in [-0.4, -0.2) is 69.0 Å². The van der Waals surface area contributed by atoms with Gasteiger partial charge < -0.3 is 9.47 Å². The lowest BCUT2D eigenvalue weighted by molar-refractivity contribution is -0.132. The van der Waals surface area contributed by atoms with E-state index in [4.69, 9.17) is 4.55 Å². The van der Waals surface area contributed by atoms with Crippen molar-refractivity contribution in [2.45, 2.75) is 31.5 Å². The smallest absolute Gasteiger partial charge is 0.321 e. The first-order valence-electron chi connectivity index (χ1n) is 8.98. The third kappa shape index (κ3) is 3.92. The standard InChI is InChI=1S/C16H18N6O7S/c23-14(8-20-9-17-11-3-1-2-4-12(11)20)18-19-15(24)13-6-5-10-7-21(13)16(25)22(10)29-30(26,27)28/h1-4,9-10,13H,5-8H2,(H,18,23)(H,19,24)(H,26,27,28)/t10-,13+/m1/s1. The summed E-state index contributed by atoms with van der Waals surface area (Å²) in [6.45, 7) is -0.0203. The number of aromatic nitrogens is 2. The highest BCUT2D eigenvalue weighted by Crippen LogP contribution is 2.30. The molecule has 2 aliphatic heterocycles. The van der Waals surface area contributed by atoms with Crippen molar-refractivity contribution in [1.82, 2.24) is 30.4 Å². The number of nitrogens with one attached hydrogen (secondary N) is 2. The van der Waals surface area contributed by atoms with E-state index in [2.05, 4.69) is 20.1 Å². The summed E-state index contributed by atoms with van der Waals surface area (Å²) < 4.78 is 36.6. The van der Waals surface area contributed by atoms with E-state index < -0.39 is 40.3 Å². The fraction of sp³-hybridized carbons (Fsp3) is 0.375. The minimum Gasteiger partial charge on any atom is -0.321 e. The quantitative estimate of drug-likeness (QED) is 0.403. The van der Waals surface area contributed by atoms with E-state index >= 15 is 0 Å². The molecule has 2 fully saturated rings. The predicted octanol–water partition coefficient (Wildman–Crippen LogP) is -0.813. The zero-order valence-electron chi connectivity index (χ0n) is 15.5. The van der Waals surface area contributed by atoms with Gasteiger partial charge in [0.2, 0.25) is 0 Å². The normalized spacial score (nSPS) is 21.2. The van der Waals surface area contributed by atoms with Crippen molar-refractivity contribution < 1.29 is 31.6 Å². The zero-order valence-corrected chi connectivity index (χ0v) is 16.3. The molecule has 2 saturated heterocycles. The van der Waals surface area contributed by atoms with Gasteiger partial charge in [-0.25, -0.2) is 9.78 Å². The van der Waals surface area contributed by atoms with E-state index in [0.717, 1.165) is 15.9 Å². The van der Waals surface area contributed by atoms with Gasteiger partial charge in [0.1, 0.15) is 12.6 Å². The number of carbonyl (C=O) groups is 3. The summed E-state index contributed by atoms with van der Waals surface area (Å²) in [5, 5.41) is 0.547. The second-order valence-corrected chi connectivity index (χ2v) is 7.91. The van der Waals surface area contributed by atoms with E-state index in [1.54, 1.807) is 4.57 Å². The van der Waals surface area contributed by atoms with Crippen LogP contribution in [0, 0.1) is 0 Å². The summed E-state index contributed by atoms with van der Waals surface area (Å²) in [6.07, 6.45) is 2.03. The van der Waals surface area contributed by atoms with Crippen LogP contribution in [0.25, 0.3) is 11.0 Å². The molecule has 13 nitrogen and oxygen atoms in total. The molecular formula is C16H18N6O7S. The van der Waals surface area contributed by atoms with Crippen LogP contribution in [0.15, 0.2) is 30.6 Å². The molecule has 1 aromatic heterocycles. The van der Waals surface area contributed by atoms with Crippen LogP contribution in [0.3, 0.4) is 0 Å². The molecule has 14 heteroatoms. The SMILES string of the molecule is O=C(Cn1cnc2ccccc21)NNC(=O)[C@@H]1CC[C@@H]2CN1C(=O)N2OS(=O)(=O)O. The maximum atomic E-state index is 12.5. The number of amides is 4. The Labute approximate surface area is 170 Å².